The van der Waals surface area contributed by atoms with E-state index < -0.39 is 40.4 Å². The fourth-order valence-electron chi connectivity index (χ4n) is 3.95. The fraction of sp³-hybridized carbons (Fsp3) is 0.522. The van der Waals surface area contributed by atoms with Gasteiger partial charge in [0, 0.05) is 45.1 Å². The highest BCUT2D eigenvalue weighted by Crippen LogP contribution is 2.24. The molecule has 1 aromatic carbocycles. The number of hydrogen-bond donors (Lipinski definition) is 3. The van der Waals surface area contributed by atoms with E-state index in [1.807, 2.05) is 19.0 Å². The van der Waals surface area contributed by atoms with Gasteiger partial charge in [0.05, 0.1) is 17.5 Å². The number of nitrogens with two attached hydrogens (primary N) is 1. The van der Waals surface area contributed by atoms with E-state index in [1.54, 1.807) is 31.5 Å². The van der Waals surface area contributed by atoms with Gasteiger partial charge < -0.3 is 30.0 Å². The number of nitrogens with one attached hydrogen (secondary N) is 2. The molecule has 0 saturated carbocycles. The number of aromatic amines is 1. The van der Waals surface area contributed by atoms with Gasteiger partial charge in [-0.2, -0.15) is 4.72 Å². The van der Waals surface area contributed by atoms with Gasteiger partial charge in [0.1, 0.15) is 11.9 Å². The molecular formula is C23H34N6O6S. The predicted octanol–water partition coefficient (Wildman–Crippen LogP) is 1.72. The molecule has 36 heavy (non-hydrogen) atoms. The van der Waals surface area contributed by atoms with Gasteiger partial charge >= 0.3 is 6.16 Å². The number of carbonyl (C=O) groups is 2. The van der Waals surface area contributed by atoms with Crippen molar-refractivity contribution in [2.24, 2.45) is 5.73 Å². The summed E-state index contributed by atoms with van der Waals surface area (Å²) in [4.78, 5) is 35.7. The van der Waals surface area contributed by atoms with Gasteiger partial charge in [-0.05, 0) is 50.5 Å². The quantitative estimate of drug-likeness (QED) is 0.373. The molecule has 1 aliphatic heterocycles. The Hall–Kier alpha value is -3.16. The average Bonchev–Trinajstić information content (AvgIpc) is 3.54. The van der Waals surface area contributed by atoms with Gasteiger partial charge in [0.2, 0.25) is 15.9 Å². The Balaban J connectivity index is 1.80. The Morgan fingerprint density at radius 1 is 1.28 bits per heavy atom. The van der Waals surface area contributed by atoms with Crippen molar-refractivity contribution in [2.45, 2.75) is 55.8 Å². The van der Waals surface area contributed by atoms with Crippen LogP contribution < -0.4 is 15.4 Å². The summed E-state index contributed by atoms with van der Waals surface area (Å²) in [6.45, 7) is 2.11. The second-order valence-electron chi connectivity index (χ2n) is 8.65. The zero-order chi connectivity index (χ0) is 26.3. The van der Waals surface area contributed by atoms with Crippen LogP contribution in [0.1, 0.15) is 44.5 Å². The molecule has 2 aromatic rings. The van der Waals surface area contributed by atoms with Crippen LogP contribution >= 0.6 is 0 Å². The normalized spacial score (nSPS) is 17.4. The first-order valence-electron chi connectivity index (χ1n) is 11.8. The lowest BCUT2D eigenvalue weighted by atomic mass is 10.1. The first-order valence-corrected chi connectivity index (χ1v) is 13.3. The molecular weight excluding hydrogens is 488 g/mol. The van der Waals surface area contributed by atoms with Crippen LogP contribution in [-0.2, 0) is 24.3 Å². The molecule has 1 saturated heterocycles. The van der Waals surface area contributed by atoms with Crippen molar-refractivity contribution in [3.8, 4) is 0 Å². The number of sulfonamides is 1. The van der Waals surface area contributed by atoms with E-state index in [0.29, 0.717) is 25.2 Å². The zero-order valence-electron chi connectivity index (χ0n) is 20.7. The minimum atomic E-state index is -4.04. The number of benzene rings is 1. The van der Waals surface area contributed by atoms with Crippen LogP contribution in [0.4, 0.5) is 10.5 Å². The molecule has 13 heteroatoms. The average molecular weight is 523 g/mol. The molecule has 1 amide bonds. The van der Waals surface area contributed by atoms with Gasteiger partial charge in [0.25, 0.3) is 0 Å². The zero-order valence-corrected chi connectivity index (χ0v) is 21.5. The molecule has 0 radical (unpaired) electrons. The number of amides is 1. The van der Waals surface area contributed by atoms with Crippen LogP contribution in [0.15, 0.2) is 41.6 Å². The summed E-state index contributed by atoms with van der Waals surface area (Å²) in [6.07, 6.45) is 2.93. The van der Waals surface area contributed by atoms with Crippen molar-refractivity contribution in [1.82, 2.24) is 19.6 Å². The van der Waals surface area contributed by atoms with Crippen molar-refractivity contribution < 1.29 is 27.5 Å². The summed E-state index contributed by atoms with van der Waals surface area (Å²) in [5, 5.41) is 0. The predicted molar refractivity (Wildman–Crippen MR) is 132 cm³/mol. The van der Waals surface area contributed by atoms with E-state index in [4.69, 9.17) is 15.2 Å². The van der Waals surface area contributed by atoms with E-state index in [-0.39, 0.29) is 24.3 Å². The van der Waals surface area contributed by atoms with Crippen molar-refractivity contribution >= 4 is 27.8 Å². The molecule has 12 nitrogen and oxygen atoms in total. The molecule has 2 heterocycles. The van der Waals surface area contributed by atoms with Gasteiger partial charge in [-0.25, -0.2) is 18.2 Å². The van der Waals surface area contributed by atoms with E-state index in [1.165, 1.54) is 17.0 Å². The lowest BCUT2D eigenvalue weighted by molar-refractivity contribution is -0.141. The third kappa shape index (κ3) is 6.95. The summed E-state index contributed by atoms with van der Waals surface area (Å²) >= 11 is 0. The lowest BCUT2D eigenvalue weighted by Gasteiger charge is -2.29. The third-order valence-corrected chi connectivity index (χ3v) is 7.36. The Kier molecular flexibility index (Phi) is 9.29. The van der Waals surface area contributed by atoms with Gasteiger partial charge in [-0.1, -0.05) is 0 Å². The summed E-state index contributed by atoms with van der Waals surface area (Å²) < 4.78 is 39.1. The highest BCUT2D eigenvalue weighted by Gasteiger charge is 2.37. The number of H-pyrrole nitrogens is 1. The topological polar surface area (TPSA) is 160 Å². The first kappa shape index (κ1) is 27.4. The summed E-state index contributed by atoms with van der Waals surface area (Å²) in [7, 11) is -0.339. The molecule has 0 aliphatic carbocycles. The number of rotatable bonds is 11. The fourth-order valence-corrected chi connectivity index (χ4v) is 5.17. The Morgan fingerprint density at radius 2 is 2.00 bits per heavy atom. The number of carbonyl (C=O) groups excluding carboxylic acids is 2. The van der Waals surface area contributed by atoms with Crippen LogP contribution in [0.3, 0.4) is 0 Å². The second-order valence-corrected chi connectivity index (χ2v) is 10.4. The summed E-state index contributed by atoms with van der Waals surface area (Å²) in [6, 6.07) is 4.68. The monoisotopic (exact) mass is 522 g/mol. The maximum absolute atomic E-state index is 13.5. The Bertz CT molecular complexity index is 1110. The van der Waals surface area contributed by atoms with Crippen LogP contribution in [0.2, 0.25) is 0 Å². The van der Waals surface area contributed by atoms with E-state index >= 15 is 0 Å². The van der Waals surface area contributed by atoms with Gasteiger partial charge in [0.15, 0.2) is 6.23 Å². The number of hydrogen-bond acceptors (Lipinski definition) is 9. The van der Waals surface area contributed by atoms with Crippen LogP contribution in [0.5, 0.6) is 0 Å². The maximum Gasteiger partial charge on any atom is 0.510 e. The number of anilines is 1. The van der Waals surface area contributed by atoms with Crippen LogP contribution in [0, 0.1) is 0 Å². The first-order chi connectivity index (χ1) is 17.1. The van der Waals surface area contributed by atoms with Crippen molar-refractivity contribution in [3.63, 3.8) is 0 Å². The molecule has 3 rings (SSSR count). The van der Waals surface area contributed by atoms with Crippen LogP contribution in [0.25, 0.3) is 0 Å². The van der Waals surface area contributed by atoms with Gasteiger partial charge in [-0.15, -0.1) is 0 Å². The molecule has 0 spiro atoms. The minimum Gasteiger partial charge on any atom is -0.435 e. The summed E-state index contributed by atoms with van der Waals surface area (Å²) in [5.41, 5.74) is 7.04. The standard InChI is InChI=1S/C23H34N6O6S/c1-4-34-23(31)35-20-6-5-15-29(20)22(30)19(12-11-18(24)21-25-13-14-26-21)27-36(32,33)17-9-7-16(8-10-17)28(2)3/h7-10,13-14,18-20,27H,4-6,11-12,15,24H2,1-3H3,(H,25,26)/t18-,19-,20+/m0/s1. The molecule has 0 bridgehead atoms. The number of imidazole rings is 1. The molecule has 4 N–H and O–H groups in total. The van der Waals surface area contributed by atoms with E-state index in [0.717, 1.165) is 5.69 Å². The smallest absolute Gasteiger partial charge is 0.435 e. The number of likely N-dealkylation sites (tertiary alicyclic amines) is 1. The van der Waals surface area contributed by atoms with Gasteiger partial charge in [-0.3, -0.25) is 4.79 Å². The van der Waals surface area contributed by atoms with Crippen molar-refractivity contribution in [3.05, 3.63) is 42.5 Å². The highest BCUT2D eigenvalue weighted by atomic mass is 32.2. The molecule has 0 unspecified atom stereocenters. The largest absolute Gasteiger partial charge is 0.510 e. The number of ether oxygens (including phenoxy) is 2. The lowest BCUT2D eigenvalue weighted by Crippen LogP contribution is -2.51. The number of aromatic nitrogens is 2. The highest BCUT2D eigenvalue weighted by molar-refractivity contribution is 7.89. The van der Waals surface area contributed by atoms with Crippen molar-refractivity contribution in [1.29, 1.82) is 0 Å². The van der Waals surface area contributed by atoms with Crippen LogP contribution in [-0.4, -0.2) is 74.9 Å². The Labute approximate surface area is 211 Å². The minimum absolute atomic E-state index is 0.0296. The van der Waals surface area contributed by atoms with E-state index in [9.17, 15) is 18.0 Å². The molecule has 3 atom stereocenters. The molecule has 1 aromatic heterocycles. The second kappa shape index (κ2) is 12.2. The molecule has 1 aliphatic rings. The summed E-state index contributed by atoms with van der Waals surface area (Å²) in [5.74, 6) is 0.0370. The third-order valence-electron chi connectivity index (χ3n) is 5.87. The molecule has 198 valence electrons. The van der Waals surface area contributed by atoms with E-state index in [2.05, 4.69) is 14.7 Å². The molecule has 1 fully saturated rings. The Morgan fingerprint density at radius 3 is 2.61 bits per heavy atom. The number of nitrogens with zero attached hydrogens (tertiary/aromatic N) is 3. The maximum atomic E-state index is 13.5. The SMILES string of the molecule is CCOC(=O)O[C@@H]1CCCN1C(=O)[C@H](CC[C@H](N)c1ncc[nH]1)NS(=O)(=O)c1ccc(N(C)C)cc1. The van der Waals surface area contributed by atoms with Crippen molar-refractivity contribution in [2.75, 3.05) is 32.1 Å².